The summed E-state index contributed by atoms with van der Waals surface area (Å²) in [4.78, 5) is 26.0. The third-order valence-electron chi connectivity index (χ3n) is 4.04. The van der Waals surface area contributed by atoms with E-state index in [4.69, 9.17) is 4.74 Å². The van der Waals surface area contributed by atoms with Crippen molar-refractivity contribution >= 4 is 28.9 Å². The number of nitrogens with one attached hydrogen (secondary N) is 1. The van der Waals surface area contributed by atoms with Gasteiger partial charge in [-0.15, -0.1) is 11.3 Å². The predicted molar refractivity (Wildman–Crippen MR) is 90.8 cm³/mol. The predicted octanol–water partition coefficient (Wildman–Crippen LogP) is 4.09. The van der Waals surface area contributed by atoms with Crippen molar-refractivity contribution in [1.29, 1.82) is 0 Å². The van der Waals surface area contributed by atoms with Gasteiger partial charge in [0.2, 0.25) is 0 Å². The zero-order valence-electron chi connectivity index (χ0n) is 13.6. The summed E-state index contributed by atoms with van der Waals surface area (Å²) in [5.41, 5.74) is 1.28. The quantitative estimate of drug-likeness (QED) is 0.831. The van der Waals surface area contributed by atoms with Crippen LogP contribution in [0.25, 0.3) is 0 Å². The van der Waals surface area contributed by atoms with Crippen LogP contribution in [0, 0.1) is 11.6 Å². The second kappa shape index (κ2) is 7.31. The number of thiophene rings is 1. The molecule has 1 aromatic carbocycles. The lowest BCUT2D eigenvalue weighted by Gasteiger charge is -2.13. The standard InChI is InChI=1S/C18H17F2NO3S/c1-10(17(22)21-12-6-7-13(19)14(20)9-12)24-18(23)16-8-11-4-2-3-5-15(11)25-16/h6-10H,2-5H2,1H3,(H,21,22)/t10-/m0/s1. The van der Waals surface area contributed by atoms with Crippen molar-refractivity contribution in [2.24, 2.45) is 0 Å². The highest BCUT2D eigenvalue weighted by Crippen LogP contribution is 2.30. The van der Waals surface area contributed by atoms with E-state index in [-0.39, 0.29) is 5.69 Å². The Morgan fingerprint density at radius 3 is 2.64 bits per heavy atom. The molecule has 25 heavy (non-hydrogen) atoms. The number of rotatable bonds is 4. The van der Waals surface area contributed by atoms with Gasteiger partial charge >= 0.3 is 5.97 Å². The number of fused-ring (bicyclic) bond motifs is 1. The van der Waals surface area contributed by atoms with Crippen LogP contribution < -0.4 is 5.32 Å². The molecular weight excluding hydrogens is 348 g/mol. The molecule has 1 heterocycles. The Kier molecular flexibility index (Phi) is 5.13. The van der Waals surface area contributed by atoms with Crippen LogP contribution in [0.2, 0.25) is 0 Å². The monoisotopic (exact) mass is 365 g/mol. The first-order valence-corrected chi connectivity index (χ1v) is 8.84. The highest BCUT2D eigenvalue weighted by Gasteiger charge is 2.23. The fraction of sp³-hybridized carbons (Fsp3) is 0.333. The molecule has 2 aromatic rings. The Hall–Kier alpha value is -2.28. The van der Waals surface area contributed by atoms with Crippen molar-refractivity contribution in [3.8, 4) is 0 Å². The van der Waals surface area contributed by atoms with Crippen LogP contribution in [0.1, 0.15) is 39.9 Å². The maximum absolute atomic E-state index is 13.2. The summed E-state index contributed by atoms with van der Waals surface area (Å²) in [6.45, 7) is 1.43. The Labute approximate surface area is 147 Å². The first-order valence-electron chi connectivity index (χ1n) is 8.02. The van der Waals surface area contributed by atoms with Crippen LogP contribution in [0.15, 0.2) is 24.3 Å². The Bertz CT molecular complexity index is 795. The van der Waals surface area contributed by atoms with E-state index in [1.165, 1.54) is 34.8 Å². The molecule has 132 valence electrons. The first-order chi connectivity index (χ1) is 11.9. The third kappa shape index (κ3) is 4.04. The molecule has 0 saturated carbocycles. The zero-order chi connectivity index (χ0) is 18.0. The number of hydrogen-bond donors (Lipinski definition) is 1. The first kappa shape index (κ1) is 17.5. The van der Waals surface area contributed by atoms with Gasteiger partial charge in [0.05, 0.1) is 0 Å². The number of aryl methyl sites for hydroxylation is 2. The molecule has 0 aliphatic heterocycles. The number of ether oxygens (including phenoxy) is 1. The molecule has 0 fully saturated rings. The van der Waals surface area contributed by atoms with E-state index in [1.807, 2.05) is 6.07 Å². The minimum atomic E-state index is -1.06. The van der Waals surface area contributed by atoms with Crippen LogP contribution >= 0.6 is 11.3 Å². The number of anilines is 1. The van der Waals surface area contributed by atoms with Gasteiger partial charge in [-0.2, -0.15) is 0 Å². The highest BCUT2D eigenvalue weighted by molar-refractivity contribution is 7.14. The summed E-state index contributed by atoms with van der Waals surface area (Å²) in [6.07, 6.45) is 3.12. The summed E-state index contributed by atoms with van der Waals surface area (Å²) in [5, 5.41) is 2.40. The second-order valence-corrected chi connectivity index (χ2v) is 7.07. The molecule has 0 saturated heterocycles. The van der Waals surface area contributed by atoms with Crippen LogP contribution in [0.3, 0.4) is 0 Å². The molecule has 1 atom stereocenters. The van der Waals surface area contributed by atoms with E-state index in [9.17, 15) is 18.4 Å². The molecule has 7 heteroatoms. The Balaban J connectivity index is 1.61. The molecular formula is C18H17F2NO3S. The third-order valence-corrected chi connectivity index (χ3v) is 5.26. The molecule has 1 aromatic heterocycles. The summed E-state index contributed by atoms with van der Waals surface area (Å²) in [6, 6.07) is 4.85. The molecule has 1 N–H and O–H groups in total. The smallest absolute Gasteiger partial charge is 0.349 e. The van der Waals surface area contributed by atoms with Gasteiger partial charge in [0.25, 0.3) is 5.91 Å². The zero-order valence-corrected chi connectivity index (χ0v) is 14.4. The maximum atomic E-state index is 13.2. The average molecular weight is 365 g/mol. The average Bonchev–Trinajstić information content (AvgIpc) is 3.02. The molecule has 1 aliphatic rings. The van der Waals surface area contributed by atoms with Gasteiger partial charge in [-0.3, -0.25) is 4.79 Å². The normalized spacial score (nSPS) is 14.5. The number of carbonyl (C=O) groups is 2. The molecule has 0 unspecified atom stereocenters. The van der Waals surface area contributed by atoms with Gasteiger partial charge in [0.1, 0.15) is 4.88 Å². The fourth-order valence-corrected chi connectivity index (χ4v) is 3.82. The van der Waals surface area contributed by atoms with Gasteiger partial charge in [0.15, 0.2) is 17.7 Å². The van der Waals surface area contributed by atoms with Crippen molar-refractivity contribution in [3.05, 3.63) is 51.2 Å². The number of amides is 1. The van der Waals surface area contributed by atoms with E-state index in [2.05, 4.69) is 5.32 Å². The summed E-state index contributed by atoms with van der Waals surface area (Å²) < 4.78 is 31.3. The summed E-state index contributed by atoms with van der Waals surface area (Å²) >= 11 is 1.41. The Morgan fingerprint density at radius 1 is 1.16 bits per heavy atom. The lowest BCUT2D eigenvalue weighted by Crippen LogP contribution is -2.29. The van der Waals surface area contributed by atoms with E-state index < -0.39 is 29.6 Å². The maximum Gasteiger partial charge on any atom is 0.349 e. The number of benzene rings is 1. The summed E-state index contributed by atoms with van der Waals surface area (Å²) in [5.74, 6) is -3.22. The van der Waals surface area contributed by atoms with E-state index in [0.717, 1.165) is 37.8 Å². The molecule has 3 rings (SSSR count). The minimum Gasteiger partial charge on any atom is -0.448 e. The number of hydrogen-bond acceptors (Lipinski definition) is 4. The molecule has 0 bridgehead atoms. The second-order valence-electron chi connectivity index (χ2n) is 5.93. The number of esters is 1. The van der Waals surface area contributed by atoms with Gasteiger partial charge in [-0.05, 0) is 56.4 Å². The molecule has 1 aliphatic carbocycles. The molecule has 0 radical (unpaired) electrons. The fourth-order valence-electron chi connectivity index (χ4n) is 2.68. The minimum absolute atomic E-state index is 0.0957. The van der Waals surface area contributed by atoms with Crippen molar-refractivity contribution < 1.29 is 23.1 Å². The van der Waals surface area contributed by atoms with Crippen molar-refractivity contribution in [2.75, 3.05) is 5.32 Å². The van der Waals surface area contributed by atoms with Crippen molar-refractivity contribution in [1.82, 2.24) is 0 Å². The Morgan fingerprint density at radius 2 is 1.92 bits per heavy atom. The lowest BCUT2D eigenvalue weighted by atomic mass is 9.99. The largest absolute Gasteiger partial charge is 0.448 e. The SMILES string of the molecule is C[C@H](OC(=O)c1cc2c(s1)CCCC2)C(=O)Nc1ccc(F)c(F)c1. The molecule has 1 amide bonds. The lowest BCUT2D eigenvalue weighted by molar-refractivity contribution is -0.123. The van der Waals surface area contributed by atoms with Crippen LogP contribution in [0.4, 0.5) is 14.5 Å². The van der Waals surface area contributed by atoms with Gasteiger partial charge in [-0.25, -0.2) is 13.6 Å². The molecule has 4 nitrogen and oxygen atoms in total. The number of halogens is 2. The van der Waals surface area contributed by atoms with Crippen LogP contribution in [-0.4, -0.2) is 18.0 Å². The van der Waals surface area contributed by atoms with Crippen LogP contribution in [-0.2, 0) is 22.4 Å². The molecule has 0 spiro atoms. The van der Waals surface area contributed by atoms with E-state index in [1.54, 1.807) is 0 Å². The van der Waals surface area contributed by atoms with Crippen molar-refractivity contribution in [3.63, 3.8) is 0 Å². The van der Waals surface area contributed by atoms with Gasteiger partial charge < -0.3 is 10.1 Å². The number of carbonyl (C=O) groups excluding carboxylic acids is 2. The summed E-state index contributed by atoms with van der Waals surface area (Å²) in [7, 11) is 0. The highest BCUT2D eigenvalue weighted by atomic mass is 32.1. The van der Waals surface area contributed by atoms with Crippen molar-refractivity contribution in [2.45, 2.75) is 38.7 Å². The van der Waals surface area contributed by atoms with Gasteiger partial charge in [0, 0.05) is 16.6 Å². The van der Waals surface area contributed by atoms with Crippen LogP contribution in [0.5, 0.6) is 0 Å². The van der Waals surface area contributed by atoms with E-state index in [0.29, 0.717) is 4.88 Å². The topological polar surface area (TPSA) is 55.4 Å². The van der Waals surface area contributed by atoms with Gasteiger partial charge in [-0.1, -0.05) is 0 Å². The van der Waals surface area contributed by atoms with E-state index >= 15 is 0 Å².